The molecule has 1 amide bonds. The van der Waals surface area contributed by atoms with Gasteiger partial charge in [-0.25, -0.2) is 0 Å². The van der Waals surface area contributed by atoms with E-state index in [0.717, 1.165) is 32.0 Å². The SMILES string of the molecule is Cc1nc(CSCC(=O)NC2CCN(Cc3cccc(C(F)(F)F)c3)CC2)no1. The molecule has 158 valence electrons. The fraction of sp³-hybridized carbons (Fsp3) is 0.526. The number of nitrogens with one attached hydrogen (secondary N) is 1. The first kappa shape index (κ1) is 21.6. The lowest BCUT2D eigenvalue weighted by molar-refractivity contribution is -0.137. The van der Waals surface area contributed by atoms with Gasteiger partial charge in [0.2, 0.25) is 11.8 Å². The molecule has 1 aromatic heterocycles. The zero-order valence-electron chi connectivity index (χ0n) is 16.0. The molecule has 29 heavy (non-hydrogen) atoms. The highest BCUT2D eigenvalue weighted by atomic mass is 32.2. The van der Waals surface area contributed by atoms with Crippen LogP contribution < -0.4 is 5.32 Å². The Labute approximate surface area is 171 Å². The molecule has 6 nitrogen and oxygen atoms in total. The van der Waals surface area contributed by atoms with Gasteiger partial charge < -0.3 is 9.84 Å². The molecule has 0 atom stereocenters. The third-order valence-corrected chi connectivity index (χ3v) is 5.58. The monoisotopic (exact) mass is 428 g/mol. The molecule has 1 N–H and O–H groups in total. The predicted octanol–water partition coefficient (Wildman–Crippen LogP) is 3.41. The van der Waals surface area contributed by atoms with Crippen LogP contribution in [0.2, 0.25) is 0 Å². The van der Waals surface area contributed by atoms with Crippen LogP contribution in [0.4, 0.5) is 13.2 Å². The maximum absolute atomic E-state index is 12.8. The van der Waals surface area contributed by atoms with Crippen molar-refractivity contribution in [1.82, 2.24) is 20.4 Å². The Bertz CT molecular complexity index is 820. The Hall–Kier alpha value is -2.07. The van der Waals surface area contributed by atoms with E-state index < -0.39 is 11.7 Å². The second-order valence-corrected chi connectivity index (χ2v) is 8.02. The smallest absolute Gasteiger partial charge is 0.353 e. The predicted molar refractivity (Wildman–Crippen MR) is 103 cm³/mol. The molecule has 0 spiro atoms. The second-order valence-electron chi connectivity index (χ2n) is 7.04. The molecule has 2 heterocycles. The van der Waals surface area contributed by atoms with Gasteiger partial charge in [-0.05, 0) is 24.5 Å². The van der Waals surface area contributed by atoms with Gasteiger partial charge in [0.25, 0.3) is 0 Å². The number of thioether (sulfide) groups is 1. The number of nitrogens with zero attached hydrogens (tertiary/aromatic N) is 3. The van der Waals surface area contributed by atoms with Gasteiger partial charge in [-0.1, -0.05) is 23.4 Å². The maximum Gasteiger partial charge on any atom is 0.416 e. The topological polar surface area (TPSA) is 71.3 Å². The average molecular weight is 428 g/mol. The quantitative estimate of drug-likeness (QED) is 0.729. The molecule has 0 bridgehead atoms. The Kier molecular flexibility index (Phi) is 7.18. The summed E-state index contributed by atoms with van der Waals surface area (Å²) in [5, 5.41) is 6.81. The fourth-order valence-electron chi connectivity index (χ4n) is 3.24. The van der Waals surface area contributed by atoms with E-state index in [-0.39, 0.29) is 11.9 Å². The van der Waals surface area contributed by atoms with Crippen molar-refractivity contribution in [3.63, 3.8) is 0 Å². The molecular weight excluding hydrogens is 405 g/mol. The number of aryl methyl sites for hydroxylation is 1. The summed E-state index contributed by atoms with van der Waals surface area (Å²) < 4.78 is 43.4. The van der Waals surface area contributed by atoms with Crippen LogP contribution in [0.3, 0.4) is 0 Å². The minimum atomic E-state index is -4.33. The zero-order chi connectivity index (χ0) is 20.9. The number of hydrogen-bond donors (Lipinski definition) is 1. The summed E-state index contributed by atoms with van der Waals surface area (Å²) in [6, 6.07) is 5.54. The standard InChI is InChI=1S/C19H23F3N4O2S/c1-13-23-17(25-28-13)11-29-12-18(27)24-16-5-7-26(8-6-16)10-14-3-2-4-15(9-14)19(20,21)22/h2-4,9,16H,5-8,10-12H2,1H3,(H,24,27). The third-order valence-electron chi connectivity index (χ3n) is 4.65. The molecular formula is C19H23F3N4O2S. The van der Waals surface area contributed by atoms with Crippen LogP contribution in [-0.4, -0.2) is 45.8 Å². The Balaban J connectivity index is 1.37. The molecule has 2 aromatic rings. The number of hydrogen-bond acceptors (Lipinski definition) is 6. The van der Waals surface area contributed by atoms with Gasteiger partial charge >= 0.3 is 6.18 Å². The van der Waals surface area contributed by atoms with E-state index in [9.17, 15) is 18.0 Å². The Morgan fingerprint density at radius 2 is 2.10 bits per heavy atom. The van der Waals surface area contributed by atoms with Gasteiger partial charge in [-0.2, -0.15) is 18.2 Å². The summed E-state index contributed by atoms with van der Waals surface area (Å²) in [5.74, 6) is 1.87. The first-order chi connectivity index (χ1) is 13.8. The van der Waals surface area contributed by atoms with Crippen molar-refractivity contribution < 1.29 is 22.5 Å². The van der Waals surface area contributed by atoms with E-state index >= 15 is 0 Å². The Morgan fingerprint density at radius 3 is 2.76 bits per heavy atom. The van der Waals surface area contributed by atoms with Crippen LogP contribution in [0.15, 0.2) is 28.8 Å². The van der Waals surface area contributed by atoms with Crippen LogP contribution in [0.5, 0.6) is 0 Å². The lowest BCUT2D eigenvalue weighted by Crippen LogP contribution is -2.44. The van der Waals surface area contributed by atoms with E-state index in [1.807, 2.05) is 0 Å². The van der Waals surface area contributed by atoms with Gasteiger partial charge in [0, 0.05) is 32.6 Å². The molecule has 0 unspecified atom stereocenters. The molecule has 1 fully saturated rings. The molecule has 3 rings (SSSR count). The van der Waals surface area contributed by atoms with Crippen molar-refractivity contribution in [2.45, 2.75) is 44.3 Å². The summed E-state index contributed by atoms with van der Waals surface area (Å²) in [5.41, 5.74) is 0.0287. The number of alkyl halides is 3. The lowest BCUT2D eigenvalue weighted by Gasteiger charge is -2.32. The zero-order valence-corrected chi connectivity index (χ0v) is 16.9. The van der Waals surface area contributed by atoms with E-state index in [0.29, 0.717) is 35.3 Å². The van der Waals surface area contributed by atoms with Crippen LogP contribution in [0.25, 0.3) is 0 Å². The van der Waals surface area contributed by atoms with Gasteiger partial charge in [-0.3, -0.25) is 9.69 Å². The number of benzene rings is 1. The first-order valence-corrected chi connectivity index (χ1v) is 10.5. The molecule has 0 saturated carbocycles. The average Bonchev–Trinajstić information content (AvgIpc) is 3.08. The van der Waals surface area contributed by atoms with Crippen molar-refractivity contribution in [1.29, 1.82) is 0 Å². The summed E-state index contributed by atoms with van der Waals surface area (Å²) in [4.78, 5) is 18.3. The third kappa shape index (κ3) is 6.74. The van der Waals surface area contributed by atoms with Crippen molar-refractivity contribution in [3.8, 4) is 0 Å². The highest BCUT2D eigenvalue weighted by molar-refractivity contribution is 7.99. The van der Waals surface area contributed by atoms with Crippen LogP contribution in [0, 0.1) is 6.92 Å². The first-order valence-electron chi connectivity index (χ1n) is 9.34. The van der Waals surface area contributed by atoms with E-state index in [1.165, 1.54) is 23.9 Å². The summed E-state index contributed by atoms with van der Waals surface area (Å²) in [6.07, 6.45) is -2.77. The fourth-order valence-corrected chi connectivity index (χ4v) is 3.91. The molecule has 1 aliphatic rings. The summed E-state index contributed by atoms with van der Waals surface area (Å²) in [7, 11) is 0. The second kappa shape index (κ2) is 9.62. The van der Waals surface area contributed by atoms with Gasteiger partial charge in [0.15, 0.2) is 5.82 Å². The number of piperidine rings is 1. The number of carbonyl (C=O) groups excluding carboxylic acids is 1. The highest BCUT2D eigenvalue weighted by Gasteiger charge is 2.30. The van der Waals surface area contributed by atoms with Crippen molar-refractivity contribution in [2.24, 2.45) is 0 Å². The largest absolute Gasteiger partial charge is 0.416 e. The number of halogens is 3. The van der Waals surface area contributed by atoms with E-state index in [1.54, 1.807) is 13.0 Å². The van der Waals surface area contributed by atoms with Crippen LogP contribution in [-0.2, 0) is 23.3 Å². The van der Waals surface area contributed by atoms with Crippen molar-refractivity contribution in [2.75, 3.05) is 18.8 Å². The molecule has 10 heteroatoms. The summed E-state index contributed by atoms with van der Waals surface area (Å²) in [6.45, 7) is 3.66. The highest BCUT2D eigenvalue weighted by Crippen LogP contribution is 2.30. The summed E-state index contributed by atoms with van der Waals surface area (Å²) >= 11 is 1.42. The molecule has 1 aromatic carbocycles. The normalized spacial score (nSPS) is 16.1. The van der Waals surface area contributed by atoms with Gasteiger partial charge in [0.05, 0.1) is 17.1 Å². The Morgan fingerprint density at radius 1 is 1.34 bits per heavy atom. The molecule has 0 aliphatic carbocycles. The number of aromatic nitrogens is 2. The number of amides is 1. The number of likely N-dealkylation sites (tertiary alicyclic amines) is 1. The molecule has 1 aliphatic heterocycles. The number of rotatable bonds is 7. The number of carbonyl (C=O) groups is 1. The van der Waals surface area contributed by atoms with E-state index in [4.69, 9.17) is 4.52 Å². The lowest BCUT2D eigenvalue weighted by atomic mass is 10.0. The van der Waals surface area contributed by atoms with Crippen LogP contribution in [0.1, 0.15) is 35.7 Å². The molecule has 1 saturated heterocycles. The minimum Gasteiger partial charge on any atom is -0.353 e. The van der Waals surface area contributed by atoms with Gasteiger partial charge in [0.1, 0.15) is 0 Å². The van der Waals surface area contributed by atoms with Crippen molar-refractivity contribution >= 4 is 17.7 Å². The maximum atomic E-state index is 12.8. The van der Waals surface area contributed by atoms with Crippen molar-refractivity contribution in [3.05, 3.63) is 47.1 Å². The van der Waals surface area contributed by atoms with Crippen LogP contribution >= 0.6 is 11.8 Å². The van der Waals surface area contributed by atoms with Gasteiger partial charge in [-0.15, -0.1) is 11.8 Å². The molecule has 0 radical (unpaired) electrons. The van der Waals surface area contributed by atoms with E-state index in [2.05, 4.69) is 20.4 Å². The minimum absolute atomic E-state index is 0.0356.